The van der Waals surface area contributed by atoms with E-state index in [-0.39, 0.29) is 16.4 Å². The van der Waals surface area contributed by atoms with Crippen LogP contribution in [0, 0.1) is 17.0 Å². The van der Waals surface area contributed by atoms with Crippen LogP contribution in [-0.4, -0.2) is 16.7 Å². The van der Waals surface area contributed by atoms with Crippen LogP contribution in [0.4, 0.5) is 11.4 Å². The number of hydrogen-bond donors (Lipinski definition) is 3. The molecular formula is C16H15ClN4O5. The quantitative estimate of drug-likeness (QED) is 0.403. The van der Waals surface area contributed by atoms with Crippen LogP contribution in [0.3, 0.4) is 0 Å². The van der Waals surface area contributed by atoms with E-state index in [4.69, 9.17) is 16.0 Å². The van der Waals surface area contributed by atoms with E-state index in [9.17, 15) is 19.7 Å². The van der Waals surface area contributed by atoms with Crippen molar-refractivity contribution in [1.29, 1.82) is 0 Å². The number of carbonyl (C=O) groups excluding carboxylic acids is 2. The Bertz CT molecular complexity index is 891. The fourth-order valence-corrected chi connectivity index (χ4v) is 2.17. The second-order valence-corrected chi connectivity index (χ2v) is 5.62. The Morgan fingerprint density at radius 3 is 2.62 bits per heavy atom. The Kier molecular flexibility index (Phi) is 5.97. The zero-order valence-corrected chi connectivity index (χ0v) is 14.6. The summed E-state index contributed by atoms with van der Waals surface area (Å²) in [6.45, 7) is 3.21. The van der Waals surface area contributed by atoms with Crippen molar-refractivity contribution in [2.75, 3.05) is 5.32 Å². The first kappa shape index (κ1) is 19.0. The van der Waals surface area contributed by atoms with Crippen molar-refractivity contribution in [2.45, 2.75) is 13.8 Å². The van der Waals surface area contributed by atoms with Crippen molar-refractivity contribution < 1.29 is 18.9 Å². The maximum Gasteiger partial charge on any atom is 0.289 e. The summed E-state index contributed by atoms with van der Waals surface area (Å²) in [6.07, 6.45) is 2.58. The van der Waals surface area contributed by atoms with Crippen molar-refractivity contribution in [2.24, 2.45) is 0 Å². The maximum absolute atomic E-state index is 12.0. The minimum absolute atomic E-state index is 0.0290. The van der Waals surface area contributed by atoms with Gasteiger partial charge in [0.1, 0.15) is 10.8 Å². The molecule has 2 rings (SSSR count). The molecule has 1 aromatic carbocycles. The summed E-state index contributed by atoms with van der Waals surface area (Å²) in [5, 5.41) is 13.3. The molecule has 0 spiro atoms. The van der Waals surface area contributed by atoms with Gasteiger partial charge >= 0.3 is 0 Å². The van der Waals surface area contributed by atoms with E-state index in [1.165, 1.54) is 30.5 Å². The first-order valence-corrected chi connectivity index (χ1v) is 7.69. The molecule has 3 N–H and O–H groups in total. The molecule has 0 saturated heterocycles. The number of nitrogens with zero attached hydrogens (tertiary/aromatic N) is 1. The van der Waals surface area contributed by atoms with Crippen LogP contribution in [0.15, 0.2) is 46.7 Å². The summed E-state index contributed by atoms with van der Waals surface area (Å²) >= 11 is 5.71. The minimum Gasteiger partial charge on any atom is -0.469 e. The van der Waals surface area contributed by atoms with E-state index in [0.717, 1.165) is 6.07 Å². The van der Waals surface area contributed by atoms with Gasteiger partial charge in [-0.25, -0.2) is 0 Å². The molecule has 0 aliphatic carbocycles. The van der Waals surface area contributed by atoms with E-state index in [0.29, 0.717) is 17.0 Å². The van der Waals surface area contributed by atoms with Gasteiger partial charge in [0.15, 0.2) is 0 Å². The van der Waals surface area contributed by atoms with E-state index < -0.39 is 16.7 Å². The molecule has 0 atom stereocenters. The molecule has 26 heavy (non-hydrogen) atoms. The lowest BCUT2D eigenvalue weighted by atomic mass is 10.2. The highest BCUT2D eigenvalue weighted by Gasteiger charge is 2.14. The van der Waals surface area contributed by atoms with Gasteiger partial charge in [-0.1, -0.05) is 11.6 Å². The number of amides is 2. The standard InChI is InChI=1S/C16H15ClN4O5/c1-9(19-20-16(23)12-5-6-26-10(12)2)7-15(22)18-11-3-4-13(17)14(8-11)21(24)25/h3-8,19H,1-2H3,(H,18,22)(H,20,23)/b9-7-. The number of halogens is 1. The lowest BCUT2D eigenvalue weighted by Crippen LogP contribution is -2.36. The minimum atomic E-state index is -0.645. The Balaban J connectivity index is 1.95. The van der Waals surface area contributed by atoms with Gasteiger partial charge in [0.05, 0.1) is 16.7 Å². The summed E-state index contributed by atoms with van der Waals surface area (Å²) in [5.41, 5.74) is 5.62. The first-order valence-electron chi connectivity index (χ1n) is 7.31. The summed E-state index contributed by atoms with van der Waals surface area (Å²) in [7, 11) is 0. The largest absolute Gasteiger partial charge is 0.469 e. The predicted octanol–water partition coefficient (Wildman–Crippen LogP) is 2.93. The second-order valence-electron chi connectivity index (χ2n) is 5.21. The molecule has 2 aromatic rings. The smallest absolute Gasteiger partial charge is 0.289 e. The lowest BCUT2D eigenvalue weighted by Gasteiger charge is -2.08. The molecule has 1 heterocycles. The third-order valence-electron chi connectivity index (χ3n) is 3.23. The highest BCUT2D eigenvalue weighted by Crippen LogP contribution is 2.27. The van der Waals surface area contributed by atoms with Gasteiger partial charge in [-0.15, -0.1) is 0 Å². The number of carbonyl (C=O) groups is 2. The molecule has 2 amide bonds. The fourth-order valence-electron chi connectivity index (χ4n) is 1.98. The number of furan rings is 1. The molecule has 0 unspecified atom stereocenters. The van der Waals surface area contributed by atoms with Crippen molar-refractivity contribution in [3.63, 3.8) is 0 Å². The fraction of sp³-hybridized carbons (Fsp3) is 0.125. The van der Waals surface area contributed by atoms with Crippen LogP contribution in [0.1, 0.15) is 23.0 Å². The molecular weight excluding hydrogens is 364 g/mol. The monoisotopic (exact) mass is 378 g/mol. The molecule has 0 saturated carbocycles. The highest BCUT2D eigenvalue weighted by atomic mass is 35.5. The van der Waals surface area contributed by atoms with Crippen LogP contribution >= 0.6 is 11.6 Å². The Morgan fingerprint density at radius 1 is 1.27 bits per heavy atom. The third kappa shape index (κ3) is 4.84. The first-order chi connectivity index (χ1) is 12.3. The van der Waals surface area contributed by atoms with Crippen molar-refractivity contribution in [3.05, 3.63) is 68.8 Å². The molecule has 1 aromatic heterocycles. The van der Waals surface area contributed by atoms with Crippen LogP contribution in [0.5, 0.6) is 0 Å². The van der Waals surface area contributed by atoms with Crippen molar-refractivity contribution >= 4 is 34.8 Å². The Labute approximate surface area is 153 Å². The lowest BCUT2D eigenvalue weighted by molar-refractivity contribution is -0.384. The average molecular weight is 379 g/mol. The number of anilines is 1. The molecule has 9 nitrogen and oxygen atoms in total. The van der Waals surface area contributed by atoms with Crippen molar-refractivity contribution in [3.8, 4) is 0 Å². The van der Waals surface area contributed by atoms with Crippen molar-refractivity contribution in [1.82, 2.24) is 10.9 Å². The molecule has 136 valence electrons. The number of rotatable bonds is 6. The van der Waals surface area contributed by atoms with Gasteiger partial charge in [0.2, 0.25) is 5.91 Å². The number of benzene rings is 1. The number of hydrazine groups is 1. The number of allylic oxidation sites excluding steroid dienone is 1. The van der Waals surface area contributed by atoms with Crippen LogP contribution in [0.2, 0.25) is 5.02 Å². The Hall–Kier alpha value is -3.33. The van der Waals surface area contributed by atoms with Gasteiger partial charge in [-0.05, 0) is 32.0 Å². The molecule has 0 fully saturated rings. The van der Waals surface area contributed by atoms with Gasteiger partial charge in [-0.3, -0.25) is 25.1 Å². The normalized spacial score (nSPS) is 11.0. The van der Waals surface area contributed by atoms with E-state index in [1.807, 2.05) is 0 Å². The van der Waals surface area contributed by atoms with Gasteiger partial charge in [0, 0.05) is 23.5 Å². The molecule has 0 radical (unpaired) electrons. The van der Waals surface area contributed by atoms with Crippen LogP contribution < -0.4 is 16.2 Å². The number of nitrogens with one attached hydrogen (secondary N) is 3. The summed E-state index contributed by atoms with van der Waals surface area (Å²) < 4.78 is 5.03. The van der Waals surface area contributed by atoms with E-state index >= 15 is 0 Å². The van der Waals surface area contributed by atoms with Gasteiger partial charge < -0.3 is 15.2 Å². The SMILES string of the molecule is C/C(=C/C(=O)Nc1ccc(Cl)c([N+](=O)[O-])c1)NNC(=O)c1ccoc1C. The van der Waals surface area contributed by atoms with Crippen LogP contribution in [0.25, 0.3) is 0 Å². The number of aryl methyl sites for hydroxylation is 1. The number of nitro benzene ring substituents is 1. The third-order valence-corrected chi connectivity index (χ3v) is 3.55. The highest BCUT2D eigenvalue weighted by molar-refractivity contribution is 6.32. The second kappa shape index (κ2) is 8.17. The van der Waals surface area contributed by atoms with Gasteiger partial charge in [-0.2, -0.15) is 0 Å². The Morgan fingerprint density at radius 2 is 2.00 bits per heavy atom. The predicted molar refractivity (Wildman–Crippen MR) is 94.5 cm³/mol. The molecule has 0 aliphatic rings. The molecule has 10 heteroatoms. The summed E-state index contributed by atoms with van der Waals surface area (Å²) in [5.74, 6) is -0.494. The number of hydrogen-bond acceptors (Lipinski definition) is 6. The molecule has 0 bridgehead atoms. The maximum atomic E-state index is 12.0. The summed E-state index contributed by atoms with van der Waals surface area (Å²) in [6, 6.07) is 5.43. The molecule has 0 aliphatic heterocycles. The zero-order chi connectivity index (χ0) is 19.3. The number of nitro groups is 1. The summed E-state index contributed by atoms with van der Waals surface area (Å²) in [4.78, 5) is 34.1. The van der Waals surface area contributed by atoms with E-state index in [1.54, 1.807) is 13.8 Å². The van der Waals surface area contributed by atoms with Crippen LogP contribution in [-0.2, 0) is 4.79 Å². The zero-order valence-electron chi connectivity index (χ0n) is 13.8. The van der Waals surface area contributed by atoms with E-state index in [2.05, 4.69) is 16.2 Å². The average Bonchev–Trinajstić information content (AvgIpc) is 3.00. The van der Waals surface area contributed by atoms with Gasteiger partial charge in [0.25, 0.3) is 11.6 Å². The topological polar surface area (TPSA) is 127 Å².